The average molecular weight is 392 g/mol. The summed E-state index contributed by atoms with van der Waals surface area (Å²) < 4.78 is 16.9. The van der Waals surface area contributed by atoms with E-state index in [1.165, 1.54) is 12.2 Å². The van der Waals surface area contributed by atoms with E-state index in [9.17, 15) is 24.9 Å². The Balaban J connectivity index is 1.84. The molecule has 4 aliphatic rings. The van der Waals surface area contributed by atoms with Crippen molar-refractivity contribution in [3.05, 3.63) is 23.8 Å². The minimum atomic E-state index is -1.98. The molecule has 8 atom stereocenters. The molecule has 3 N–H and O–H groups in total. The Bertz CT molecular complexity index is 805. The lowest BCUT2D eigenvalue weighted by atomic mass is 9.44. The van der Waals surface area contributed by atoms with Gasteiger partial charge in [-0.25, -0.2) is 4.39 Å². The van der Waals surface area contributed by atoms with Crippen LogP contribution in [0.5, 0.6) is 0 Å². The number of halogens is 1. The summed E-state index contributed by atoms with van der Waals surface area (Å²) in [7, 11) is 0. The molecule has 0 spiro atoms. The number of carbonyl (C=O) groups is 2. The highest BCUT2D eigenvalue weighted by atomic mass is 19.1. The van der Waals surface area contributed by atoms with Gasteiger partial charge in [0.15, 0.2) is 17.2 Å². The van der Waals surface area contributed by atoms with Crippen molar-refractivity contribution < 1.29 is 29.3 Å². The number of allylic oxidation sites excluding steroid dienone is 4. The largest absolute Gasteiger partial charge is 0.390 e. The molecule has 6 heteroatoms. The average Bonchev–Trinajstić information content (AvgIpc) is 2.84. The van der Waals surface area contributed by atoms with Gasteiger partial charge in [0.25, 0.3) is 0 Å². The molecule has 0 bridgehead atoms. The number of Topliss-reactive ketones (excluding diaryl/α,β-unsaturated/α-hetero) is 1. The van der Waals surface area contributed by atoms with Crippen LogP contribution in [0.2, 0.25) is 0 Å². The molecule has 0 aromatic heterocycles. The van der Waals surface area contributed by atoms with Gasteiger partial charge in [-0.3, -0.25) is 9.59 Å². The lowest BCUT2D eigenvalue weighted by Crippen LogP contribution is -2.69. The third-order valence-corrected chi connectivity index (χ3v) is 8.79. The number of fused-ring (bicyclic) bond motifs is 5. The van der Waals surface area contributed by atoms with Crippen LogP contribution in [-0.4, -0.2) is 50.9 Å². The standard InChI is InChI=1S/C22H29FO5/c1-12-8-16-15-5-4-13-9-14(25)6-7-19(13,2)21(15,23)17(26)10-20(16,3)22(12,28)18(27)11-24/h6-7,9,12,15-17,24,26,28H,4-5,8,10-11H2,1-3H3/t12?,15-,16-,17?,19-,20-,21+,22+/m0/s1. The smallest absolute Gasteiger partial charge is 0.190 e. The number of hydrogen-bond donors (Lipinski definition) is 3. The molecule has 2 unspecified atom stereocenters. The first-order valence-corrected chi connectivity index (χ1v) is 10.1. The van der Waals surface area contributed by atoms with Crippen LogP contribution in [0.15, 0.2) is 23.8 Å². The summed E-state index contributed by atoms with van der Waals surface area (Å²) in [4.78, 5) is 24.4. The minimum Gasteiger partial charge on any atom is -0.390 e. The second kappa shape index (κ2) is 5.83. The normalized spacial score (nSPS) is 52.5. The van der Waals surface area contributed by atoms with Crippen LogP contribution >= 0.6 is 0 Å². The van der Waals surface area contributed by atoms with Gasteiger partial charge in [0, 0.05) is 16.7 Å². The first kappa shape index (κ1) is 19.9. The maximum Gasteiger partial charge on any atom is 0.190 e. The molecule has 4 aliphatic carbocycles. The highest BCUT2D eigenvalue weighted by Gasteiger charge is 2.75. The zero-order valence-electron chi connectivity index (χ0n) is 16.6. The zero-order chi connectivity index (χ0) is 20.7. The van der Waals surface area contributed by atoms with E-state index in [1.807, 2.05) is 0 Å². The molecule has 154 valence electrons. The number of carbonyl (C=O) groups excluding carboxylic acids is 2. The van der Waals surface area contributed by atoms with Gasteiger partial charge >= 0.3 is 0 Å². The summed E-state index contributed by atoms with van der Waals surface area (Å²) in [5.41, 5.74) is -5.17. The van der Waals surface area contributed by atoms with E-state index < -0.39 is 52.4 Å². The van der Waals surface area contributed by atoms with Crippen LogP contribution in [0.25, 0.3) is 0 Å². The van der Waals surface area contributed by atoms with E-state index in [2.05, 4.69) is 0 Å². The topological polar surface area (TPSA) is 94.8 Å². The highest BCUT2D eigenvalue weighted by molar-refractivity contribution is 6.01. The first-order chi connectivity index (χ1) is 13.0. The second-order valence-corrected chi connectivity index (χ2v) is 9.75. The molecule has 5 nitrogen and oxygen atoms in total. The third kappa shape index (κ3) is 2.01. The summed E-state index contributed by atoms with van der Waals surface area (Å²) in [6.45, 7) is 4.48. The second-order valence-electron chi connectivity index (χ2n) is 9.75. The molecular weight excluding hydrogens is 363 g/mol. The Morgan fingerprint density at radius 2 is 2.00 bits per heavy atom. The Labute approximate surface area is 164 Å². The van der Waals surface area contributed by atoms with Crippen LogP contribution in [0.3, 0.4) is 0 Å². The van der Waals surface area contributed by atoms with E-state index in [-0.39, 0.29) is 18.1 Å². The molecule has 0 aliphatic heterocycles. The van der Waals surface area contributed by atoms with Crippen molar-refractivity contribution in [3.63, 3.8) is 0 Å². The number of hydrogen-bond acceptors (Lipinski definition) is 5. The van der Waals surface area contributed by atoms with Crippen LogP contribution in [0.4, 0.5) is 4.39 Å². The Morgan fingerprint density at radius 3 is 2.64 bits per heavy atom. The van der Waals surface area contributed by atoms with E-state index in [4.69, 9.17) is 0 Å². The van der Waals surface area contributed by atoms with Gasteiger partial charge in [0.2, 0.25) is 0 Å². The summed E-state index contributed by atoms with van der Waals surface area (Å²) in [6, 6.07) is 0. The quantitative estimate of drug-likeness (QED) is 0.667. The number of aliphatic hydroxyl groups is 3. The molecular formula is C22H29FO5. The van der Waals surface area contributed by atoms with Gasteiger partial charge in [-0.2, -0.15) is 0 Å². The van der Waals surface area contributed by atoms with Crippen molar-refractivity contribution in [2.24, 2.45) is 28.6 Å². The predicted octanol–water partition coefficient (Wildman–Crippen LogP) is 1.90. The number of rotatable bonds is 2. The maximum atomic E-state index is 16.9. The fourth-order valence-corrected chi connectivity index (χ4v) is 7.26. The molecule has 0 radical (unpaired) electrons. The zero-order valence-corrected chi connectivity index (χ0v) is 16.6. The monoisotopic (exact) mass is 392 g/mol. The summed E-state index contributed by atoms with van der Waals surface area (Å²) in [5.74, 6) is -2.12. The van der Waals surface area contributed by atoms with Crippen molar-refractivity contribution in [1.29, 1.82) is 0 Å². The molecule has 3 saturated carbocycles. The highest BCUT2D eigenvalue weighted by Crippen LogP contribution is 2.70. The Morgan fingerprint density at radius 1 is 1.32 bits per heavy atom. The predicted molar refractivity (Wildman–Crippen MR) is 99.9 cm³/mol. The van der Waals surface area contributed by atoms with Crippen LogP contribution < -0.4 is 0 Å². The van der Waals surface area contributed by atoms with Crippen molar-refractivity contribution in [2.45, 2.75) is 63.8 Å². The SMILES string of the molecule is CC1C[C@H]2[C@@H]3CCC4=CC(=O)C=C[C@]4(C)[C@]3(F)C(O)C[C@]2(C)[C@]1(O)C(=O)CO. The first-order valence-electron chi connectivity index (χ1n) is 10.1. The lowest BCUT2D eigenvalue weighted by molar-refractivity contribution is -0.219. The molecule has 3 fully saturated rings. The summed E-state index contributed by atoms with van der Waals surface area (Å²) >= 11 is 0. The van der Waals surface area contributed by atoms with Gasteiger partial charge in [-0.15, -0.1) is 0 Å². The molecule has 0 aromatic rings. The van der Waals surface area contributed by atoms with Gasteiger partial charge in [-0.05, 0) is 56.6 Å². The van der Waals surface area contributed by atoms with E-state index in [0.717, 1.165) is 0 Å². The number of ketones is 2. The molecule has 4 rings (SSSR count). The van der Waals surface area contributed by atoms with Gasteiger partial charge in [-0.1, -0.05) is 25.5 Å². The van der Waals surface area contributed by atoms with Crippen LogP contribution in [-0.2, 0) is 9.59 Å². The van der Waals surface area contributed by atoms with E-state index in [1.54, 1.807) is 26.8 Å². The van der Waals surface area contributed by atoms with Crippen molar-refractivity contribution >= 4 is 11.6 Å². The minimum absolute atomic E-state index is 0.0676. The molecule has 28 heavy (non-hydrogen) atoms. The van der Waals surface area contributed by atoms with Crippen LogP contribution in [0.1, 0.15) is 46.5 Å². The Hall–Kier alpha value is -1.37. The van der Waals surface area contributed by atoms with E-state index in [0.29, 0.717) is 24.8 Å². The number of aliphatic hydroxyl groups excluding tert-OH is 2. The fraction of sp³-hybridized carbons (Fsp3) is 0.727. The van der Waals surface area contributed by atoms with Crippen molar-refractivity contribution in [1.82, 2.24) is 0 Å². The fourth-order valence-electron chi connectivity index (χ4n) is 7.26. The lowest BCUT2D eigenvalue weighted by Gasteiger charge is -2.62. The molecule has 0 saturated heterocycles. The summed E-state index contributed by atoms with van der Waals surface area (Å²) in [5, 5.41) is 32.0. The number of alkyl halides is 1. The third-order valence-electron chi connectivity index (χ3n) is 8.79. The van der Waals surface area contributed by atoms with Gasteiger partial charge in [0.1, 0.15) is 12.2 Å². The van der Waals surface area contributed by atoms with Crippen molar-refractivity contribution in [2.75, 3.05) is 6.61 Å². The van der Waals surface area contributed by atoms with E-state index >= 15 is 4.39 Å². The maximum absolute atomic E-state index is 16.9. The molecule has 0 amide bonds. The molecule has 0 aromatic carbocycles. The van der Waals surface area contributed by atoms with Gasteiger partial charge < -0.3 is 15.3 Å². The van der Waals surface area contributed by atoms with Crippen molar-refractivity contribution in [3.8, 4) is 0 Å². The Kier molecular flexibility index (Phi) is 4.15. The molecule has 0 heterocycles. The van der Waals surface area contributed by atoms with Gasteiger partial charge in [0.05, 0.1) is 6.10 Å². The summed E-state index contributed by atoms with van der Waals surface area (Å²) in [6.07, 6.45) is 4.44. The van der Waals surface area contributed by atoms with Crippen LogP contribution in [0, 0.1) is 28.6 Å².